The van der Waals surface area contributed by atoms with Crippen LogP contribution in [0.4, 0.5) is 5.69 Å². The van der Waals surface area contributed by atoms with Gasteiger partial charge in [-0.25, -0.2) is 4.79 Å². The van der Waals surface area contributed by atoms with Gasteiger partial charge < -0.3 is 26.0 Å². The Labute approximate surface area is 166 Å². The second-order valence-electron chi connectivity index (χ2n) is 6.68. The summed E-state index contributed by atoms with van der Waals surface area (Å²) in [6, 6.07) is 17.5. The van der Waals surface area contributed by atoms with Crippen LogP contribution < -0.4 is 11.1 Å². The summed E-state index contributed by atoms with van der Waals surface area (Å²) in [4.78, 5) is 24.5. The van der Waals surface area contributed by atoms with Gasteiger partial charge in [-0.05, 0) is 42.5 Å². The van der Waals surface area contributed by atoms with Gasteiger partial charge in [0.15, 0.2) is 5.60 Å². The molecule has 0 aliphatic carbocycles. The Hall–Kier alpha value is -3.84. The van der Waals surface area contributed by atoms with Crippen LogP contribution in [-0.4, -0.2) is 28.6 Å². The van der Waals surface area contributed by atoms with Crippen LogP contribution >= 0.6 is 0 Å². The Morgan fingerprint density at radius 1 is 0.931 bits per heavy atom. The number of aromatic hydroxyl groups is 2. The van der Waals surface area contributed by atoms with Crippen LogP contribution in [0, 0.1) is 0 Å². The molecule has 1 aliphatic rings. The number of nitrogens with one attached hydrogen (secondary N) is 1. The lowest BCUT2D eigenvalue weighted by Gasteiger charge is -2.30. The quantitative estimate of drug-likeness (QED) is 0.508. The third-order valence-electron chi connectivity index (χ3n) is 4.88. The Morgan fingerprint density at radius 3 is 2.00 bits per heavy atom. The van der Waals surface area contributed by atoms with Crippen molar-refractivity contribution < 1.29 is 24.5 Å². The molecule has 0 saturated heterocycles. The minimum Gasteiger partial charge on any atom is -0.508 e. The number of esters is 1. The van der Waals surface area contributed by atoms with Crippen molar-refractivity contribution in [2.75, 3.05) is 11.9 Å². The molecule has 1 aliphatic heterocycles. The van der Waals surface area contributed by atoms with Crippen molar-refractivity contribution in [3.05, 3.63) is 89.0 Å². The van der Waals surface area contributed by atoms with Crippen molar-refractivity contribution in [3.63, 3.8) is 0 Å². The number of carbonyl (C=O) groups is 2. The topological polar surface area (TPSA) is 122 Å². The predicted molar refractivity (Wildman–Crippen MR) is 106 cm³/mol. The molecule has 29 heavy (non-hydrogen) atoms. The van der Waals surface area contributed by atoms with E-state index in [1.54, 1.807) is 42.5 Å². The van der Waals surface area contributed by atoms with E-state index in [9.17, 15) is 19.8 Å². The number of benzene rings is 3. The Kier molecular flexibility index (Phi) is 4.44. The highest BCUT2D eigenvalue weighted by atomic mass is 16.6. The highest BCUT2D eigenvalue weighted by molar-refractivity contribution is 5.98. The van der Waals surface area contributed by atoms with Crippen molar-refractivity contribution in [2.24, 2.45) is 5.73 Å². The first-order valence-electron chi connectivity index (χ1n) is 8.91. The first-order chi connectivity index (χ1) is 13.9. The second-order valence-corrected chi connectivity index (χ2v) is 6.68. The summed E-state index contributed by atoms with van der Waals surface area (Å²) in [5, 5.41) is 22.1. The molecular weight excluding hydrogens is 372 g/mol. The van der Waals surface area contributed by atoms with E-state index in [1.165, 1.54) is 24.3 Å². The molecule has 0 spiro atoms. The Bertz CT molecular complexity index is 1050. The number of fused-ring (bicyclic) bond motifs is 1. The number of phenolic OH excluding ortho intramolecular Hbond substituents is 2. The zero-order valence-corrected chi connectivity index (χ0v) is 15.3. The summed E-state index contributed by atoms with van der Waals surface area (Å²) < 4.78 is 5.92. The molecule has 3 aromatic rings. The van der Waals surface area contributed by atoms with E-state index in [-0.39, 0.29) is 24.0 Å². The molecule has 5 N–H and O–H groups in total. The molecule has 1 heterocycles. The van der Waals surface area contributed by atoms with Gasteiger partial charge in [-0.15, -0.1) is 0 Å². The number of carbonyl (C=O) groups excluding carboxylic acids is 2. The SMILES string of the molecule is NCC(=O)Nc1ccc2c(c1)C(c1ccc(O)cc1)(c1ccc(O)cc1)OC2=O. The number of nitrogens with two attached hydrogens (primary N) is 1. The molecule has 0 bridgehead atoms. The molecule has 0 fully saturated rings. The summed E-state index contributed by atoms with van der Waals surface area (Å²) >= 11 is 0. The molecular formula is C22H18N2O5. The normalized spacial score (nSPS) is 14.2. The lowest BCUT2D eigenvalue weighted by molar-refractivity contribution is -0.114. The molecule has 0 saturated carbocycles. The van der Waals surface area contributed by atoms with Crippen molar-refractivity contribution in [2.45, 2.75) is 5.60 Å². The van der Waals surface area contributed by atoms with E-state index >= 15 is 0 Å². The van der Waals surface area contributed by atoms with Gasteiger partial charge in [0.05, 0.1) is 12.1 Å². The van der Waals surface area contributed by atoms with E-state index in [2.05, 4.69) is 5.32 Å². The standard InChI is InChI=1S/C22H18N2O5/c23-12-20(27)24-15-5-10-18-19(11-15)22(29-21(18)28,13-1-6-16(25)7-2-13)14-3-8-17(26)9-4-14/h1-11,25-26H,12,23H2,(H,24,27). The van der Waals surface area contributed by atoms with Gasteiger partial charge >= 0.3 is 5.97 Å². The fraction of sp³-hybridized carbons (Fsp3) is 0.0909. The lowest BCUT2D eigenvalue weighted by atomic mass is 9.79. The van der Waals surface area contributed by atoms with Gasteiger partial charge in [-0.3, -0.25) is 4.79 Å². The van der Waals surface area contributed by atoms with Crippen molar-refractivity contribution in [1.29, 1.82) is 0 Å². The average Bonchev–Trinajstić information content (AvgIpc) is 3.02. The highest BCUT2D eigenvalue weighted by Gasteiger charge is 2.48. The zero-order valence-electron chi connectivity index (χ0n) is 15.3. The van der Waals surface area contributed by atoms with Gasteiger partial charge in [-0.1, -0.05) is 24.3 Å². The van der Waals surface area contributed by atoms with Gasteiger partial charge in [0.2, 0.25) is 5.91 Å². The van der Waals surface area contributed by atoms with E-state index in [0.29, 0.717) is 27.9 Å². The maximum Gasteiger partial charge on any atom is 0.340 e. The van der Waals surface area contributed by atoms with E-state index in [1.807, 2.05) is 0 Å². The average molecular weight is 390 g/mol. The molecule has 0 atom stereocenters. The second kappa shape index (κ2) is 6.96. The lowest BCUT2D eigenvalue weighted by Crippen LogP contribution is -2.29. The monoisotopic (exact) mass is 390 g/mol. The van der Waals surface area contributed by atoms with Crippen molar-refractivity contribution in [3.8, 4) is 11.5 Å². The minimum atomic E-state index is -1.31. The van der Waals surface area contributed by atoms with Crippen molar-refractivity contribution >= 4 is 17.6 Å². The molecule has 7 heteroatoms. The minimum absolute atomic E-state index is 0.0723. The maximum absolute atomic E-state index is 12.7. The van der Waals surface area contributed by atoms with Crippen molar-refractivity contribution in [1.82, 2.24) is 0 Å². The van der Waals surface area contributed by atoms with Gasteiger partial charge in [0, 0.05) is 22.4 Å². The first-order valence-corrected chi connectivity index (χ1v) is 8.91. The third kappa shape index (κ3) is 3.07. The Balaban J connectivity index is 1.96. The number of hydrogen-bond donors (Lipinski definition) is 4. The molecule has 0 unspecified atom stereocenters. The van der Waals surface area contributed by atoms with Crippen LogP contribution in [0.5, 0.6) is 11.5 Å². The summed E-state index contributed by atoms with van der Waals surface area (Å²) in [5.41, 5.74) is 6.65. The van der Waals surface area contributed by atoms with Crippen LogP contribution in [0.3, 0.4) is 0 Å². The number of amides is 1. The largest absolute Gasteiger partial charge is 0.508 e. The first kappa shape index (κ1) is 18.5. The van der Waals surface area contributed by atoms with E-state index in [0.717, 1.165) is 0 Å². The zero-order chi connectivity index (χ0) is 20.6. The van der Waals surface area contributed by atoms with Crippen LogP contribution in [-0.2, 0) is 15.1 Å². The number of cyclic esters (lactones) is 1. The van der Waals surface area contributed by atoms with E-state index < -0.39 is 11.6 Å². The highest BCUT2D eigenvalue weighted by Crippen LogP contribution is 2.48. The predicted octanol–water partition coefficient (Wildman–Crippen LogP) is 2.46. The number of phenols is 2. The fourth-order valence-electron chi connectivity index (χ4n) is 3.54. The summed E-state index contributed by atoms with van der Waals surface area (Å²) in [6.07, 6.45) is 0. The van der Waals surface area contributed by atoms with Crippen LogP contribution in [0.1, 0.15) is 27.0 Å². The molecule has 0 radical (unpaired) electrons. The van der Waals surface area contributed by atoms with Gasteiger partial charge in [0.25, 0.3) is 0 Å². The molecule has 7 nitrogen and oxygen atoms in total. The van der Waals surface area contributed by atoms with Gasteiger partial charge in [-0.2, -0.15) is 0 Å². The molecule has 3 aromatic carbocycles. The molecule has 4 rings (SSSR count). The fourth-order valence-corrected chi connectivity index (χ4v) is 3.54. The van der Waals surface area contributed by atoms with Gasteiger partial charge in [0.1, 0.15) is 11.5 Å². The smallest absolute Gasteiger partial charge is 0.340 e. The summed E-state index contributed by atoms with van der Waals surface area (Å²) in [7, 11) is 0. The van der Waals surface area contributed by atoms with Crippen LogP contribution in [0.15, 0.2) is 66.7 Å². The number of ether oxygens (including phenoxy) is 1. The summed E-state index contributed by atoms with van der Waals surface area (Å²) in [5.74, 6) is -0.737. The van der Waals surface area contributed by atoms with Crippen LogP contribution in [0.2, 0.25) is 0 Å². The number of anilines is 1. The maximum atomic E-state index is 12.7. The van der Waals surface area contributed by atoms with Crippen LogP contribution in [0.25, 0.3) is 0 Å². The molecule has 146 valence electrons. The molecule has 0 aromatic heterocycles. The Morgan fingerprint density at radius 2 is 1.48 bits per heavy atom. The number of hydrogen-bond acceptors (Lipinski definition) is 6. The number of rotatable bonds is 4. The van der Waals surface area contributed by atoms with E-state index in [4.69, 9.17) is 10.5 Å². The summed E-state index contributed by atoms with van der Waals surface area (Å²) in [6.45, 7) is -0.173. The molecule has 1 amide bonds. The third-order valence-corrected chi connectivity index (χ3v) is 4.88.